The SMILES string of the molecule is CCCOC(=O)Oc1c[nH]c2c(=O)[nH]c3ccc(S(=O)(=O)N(C)CCNCC(=O)OC(C)(C)C)cc3c12. The lowest BCUT2D eigenvalue weighted by molar-refractivity contribution is -0.153. The number of nitrogens with one attached hydrogen (secondary N) is 3. The summed E-state index contributed by atoms with van der Waals surface area (Å²) in [5.41, 5.74) is -0.571. The lowest BCUT2D eigenvalue weighted by Crippen LogP contribution is -2.37. The van der Waals surface area contributed by atoms with Gasteiger partial charge in [0.15, 0.2) is 5.75 Å². The predicted octanol–water partition coefficient (Wildman–Crippen LogP) is 2.49. The van der Waals surface area contributed by atoms with Crippen molar-refractivity contribution >= 4 is 44.0 Å². The normalized spacial score (nSPS) is 12.3. The second-order valence-electron chi connectivity index (χ2n) is 9.35. The van der Waals surface area contributed by atoms with Gasteiger partial charge in [-0.3, -0.25) is 9.59 Å². The van der Waals surface area contributed by atoms with Gasteiger partial charge in [0.2, 0.25) is 10.0 Å². The Hall–Kier alpha value is -3.42. The molecule has 37 heavy (non-hydrogen) atoms. The van der Waals surface area contributed by atoms with Gasteiger partial charge in [-0.1, -0.05) is 6.92 Å². The number of pyridine rings is 1. The summed E-state index contributed by atoms with van der Waals surface area (Å²) in [6, 6.07) is 4.27. The minimum atomic E-state index is -3.93. The van der Waals surface area contributed by atoms with Gasteiger partial charge in [0.05, 0.1) is 23.4 Å². The summed E-state index contributed by atoms with van der Waals surface area (Å²) < 4.78 is 43.1. The van der Waals surface area contributed by atoms with Gasteiger partial charge in [-0.25, -0.2) is 13.2 Å². The number of ether oxygens (including phenoxy) is 3. The fourth-order valence-electron chi connectivity index (χ4n) is 3.53. The fourth-order valence-corrected chi connectivity index (χ4v) is 4.72. The molecule has 0 fully saturated rings. The quantitative estimate of drug-likeness (QED) is 0.261. The first kappa shape index (κ1) is 28.2. The number of sulfonamides is 1. The first-order valence-electron chi connectivity index (χ1n) is 11.7. The lowest BCUT2D eigenvalue weighted by Gasteiger charge is -2.20. The smallest absolute Gasteiger partial charge is 0.459 e. The summed E-state index contributed by atoms with van der Waals surface area (Å²) in [4.78, 5) is 41.8. The summed E-state index contributed by atoms with van der Waals surface area (Å²) >= 11 is 0. The van der Waals surface area contributed by atoms with Crippen molar-refractivity contribution < 1.29 is 32.2 Å². The van der Waals surface area contributed by atoms with E-state index in [-0.39, 0.29) is 47.8 Å². The Morgan fingerprint density at radius 1 is 1.19 bits per heavy atom. The standard InChI is InChI=1S/C24H32N4O8S/c1-6-11-34-23(31)35-18-13-26-21-20(18)16-12-15(7-8-17(16)27-22(21)30)37(32,33)28(5)10-9-25-14-19(29)36-24(2,3)4/h7-8,12-13,25-26H,6,9-11,14H2,1-5H3,(H,27,30). The van der Waals surface area contributed by atoms with Gasteiger partial charge in [0.25, 0.3) is 5.56 Å². The van der Waals surface area contributed by atoms with Gasteiger partial charge < -0.3 is 29.5 Å². The molecule has 202 valence electrons. The van der Waals surface area contributed by atoms with Crippen LogP contribution in [0.15, 0.2) is 34.1 Å². The summed E-state index contributed by atoms with van der Waals surface area (Å²) in [6.07, 6.45) is 1.02. The molecule has 0 atom stereocenters. The molecule has 2 heterocycles. The molecule has 12 nitrogen and oxygen atoms in total. The van der Waals surface area contributed by atoms with Crippen LogP contribution in [0, 0.1) is 0 Å². The summed E-state index contributed by atoms with van der Waals surface area (Å²) in [5, 5.41) is 3.50. The molecule has 0 aliphatic carbocycles. The van der Waals surface area contributed by atoms with Crippen LogP contribution in [-0.2, 0) is 24.3 Å². The van der Waals surface area contributed by atoms with Crippen LogP contribution in [0.1, 0.15) is 34.1 Å². The molecule has 0 spiro atoms. The Balaban J connectivity index is 1.83. The van der Waals surface area contributed by atoms with Crippen LogP contribution in [0.5, 0.6) is 5.75 Å². The first-order valence-corrected chi connectivity index (χ1v) is 13.2. The van der Waals surface area contributed by atoms with Crippen molar-refractivity contribution in [1.82, 2.24) is 19.6 Å². The number of rotatable bonds is 10. The predicted molar refractivity (Wildman–Crippen MR) is 137 cm³/mol. The second kappa shape index (κ2) is 11.3. The Morgan fingerprint density at radius 2 is 1.92 bits per heavy atom. The number of likely N-dealkylation sites (N-methyl/N-ethyl adjacent to an activating group) is 1. The number of hydrogen-bond donors (Lipinski definition) is 3. The largest absolute Gasteiger partial charge is 0.513 e. The summed E-state index contributed by atoms with van der Waals surface area (Å²) in [5.74, 6) is -0.393. The van der Waals surface area contributed by atoms with Gasteiger partial charge in [-0.2, -0.15) is 4.31 Å². The first-order chi connectivity index (χ1) is 17.3. The molecule has 0 saturated heterocycles. The third kappa shape index (κ3) is 6.87. The topological polar surface area (TPSA) is 160 Å². The van der Waals surface area contributed by atoms with E-state index >= 15 is 0 Å². The Morgan fingerprint density at radius 3 is 2.59 bits per heavy atom. The van der Waals surface area contributed by atoms with Crippen LogP contribution in [-0.4, -0.2) is 73.7 Å². The van der Waals surface area contributed by atoms with E-state index in [1.54, 1.807) is 20.8 Å². The molecule has 1 aromatic carbocycles. The molecule has 0 aliphatic rings. The summed E-state index contributed by atoms with van der Waals surface area (Å²) in [6.45, 7) is 7.55. The highest BCUT2D eigenvalue weighted by Gasteiger charge is 2.23. The Kier molecular flexibility index (Phi) is 8.61. The molecule has 13 heteroatoms. The van der Waals surface area contributed by atoms with Gasteiger partial charge in [0, 0.05) is 37.2 Å². The van der Waals surface area contributed by atoms with E-state index in [0.29, 0.717) is 17.3 Å². The van der Waals surface area contributed by atoms with E-state index in [0.717, 1.165) is 4.31 Å². The van der Waals surface area contributed by atoms with Crippen molar-refractivity contribution in [3.05, 3.63) is 34.7 Å². The van der Waals surface area contributed by atoms with Gasteiger partial charge >= 0.3 is 12.1 Å². The monoisotopic (exact) mass is 536 g/mol. The number of aromatic amines is 2. The van der Waals surface area contributed by atoms with Crippen LogP contribution in [0.4, 0.5) is 4.79 Å². The Labute approximate surface area is 214 Å². The molecule has 0 radical (unpaired) electrons. The molecule has 2 aromatic heterocycles. The van der Waals surface area contributed by atoms with E-state index in [1.165, 1.54) is 31.4 Å². The molecule has 0 unspecified atom stereocenters. The van der Waals surface area contributed by atoms with E-state index in [2.05, 4.69) is 15.3 Å². The van der Waals surface area contributed by atoms with E-state index in [4.69, 9.17) is 14.2 Å². The third-order valence-corrected chi connectivity index (χ3v) is 7.05. The lowest BCUT2D eigenvalue weighted by atomic mass is 10.1. The number of H-pyrrole nitrogens is 2. The molecule has 0 bridgehead atoms. The van der Waals surface area contributed by atoms with Gasteiger partial charge in [-0.05, 0) is 45.4 Å². The average molecular weight is 537 g/mol. The van der Waals surface area contributed by atoms with Crippen molar-refractivity contribution in [2.75, 3.05) is 33.3 Å². The van der Waals surface area contributed by atoms with Crippen molar-refractivity contribution in [2.24, 2.45) is 0 Å². The number of carbonyl (C=O) groups is 2. The van der Waals surface area contributed by atoms with Crippen LogP contribution < -0.4 is 15.6 Å². The molecular formula is C24H32N4O8S. The maximum atomic E-state index is 13.2. The van der Waals surface area contributed by atoms with Crippen LogP contribution in [0.2, 0.25) is 0 Å². The number of nitrogens with zero attached hydrogens (tertiary/aromatic N) is 1. The number of esters is 1. The zero-order valence-corrected chi connectivity index (χ0v) is 22.3. The maximum absolute atomic E-state index is 13.2. The minimum absolute atomic E-state index is 0.0244. The molecule has 3 N–H and O–H groups in total. The maximum Gasteiger partial charge on any atom is 0.513 e. The highest BCUT2D eigenvalue weighted by molar-refractivity contribution is 7.89. The van der Waals surface area contributed by atoms with Crippen LogP contribution in [0.25, 0.3) is 21.8 Å². The number of fused-ring (bicyclic) bond motifs is 3. The van der Waals surface area contributed by atoms with E-state index < -0.39 is 33.3 Å². The van der Waals surface area contributed by atoms with E-state index in [1.807, 2.05) is 6.92 Å². The van der Waals surface area contributed by atoms with Crippen LogP contribution in [0.3, 0.4) is 0 Å². The summed E-state index contributed by atoms with van der Waals surface area (Å²) in [7, 11) is -2.50. The van der Waals surface area contributed by atoms with Gasteiger partial charge in [-0.15, -0.1) is 0 Å². The van der Waals surface area contributed by atoms with Gasteiger partial charge in [0.1, 0.15) is 11.1 Å². The van der Waals surface area contributed by atoms with Crippen molar-refractivity contribution in [2.45, 2.75) is 44.6 Å². The fraction of sp³-hybridized carbons (Fsp3) is 0.458. The number of benzene rings is 1. The molecule has 0 aliphatic heterocycles. The molecular weight excluding hydrogens is 504 g/mol. The number of aromatic nitrogens is 2. The molecule has 3 rings (SSSR count). The number of carbonyl (C=O) groups excluding carboxylic acids is 2. The van der Waals surface area contributed by atoms with Crippen molar-refractivity contribution in [1.29, 1.82) is 0 Å². The van der Waals surface area contributed by atoms with Crippen molar-refractivity contribution in [3.8, 4) is 5.75 Å². The van der Waals surface area contributed by atoms with Crippen LogP contribution >= 0.6 is 0 Å². The number of hydrogen-bond acceptors (Lipinski definition) is 9. The van der Waals surface area contributed by atoms with Crippen molar-refractivity contribution in [3.63, 3.8) is 0 Å². The zero-order chi connectivity index (χ0) is 27.4. The third-order valence-electron chi connectivity index (χ3n) is 5.20. The molecule has 0 amide bonds. The highest BCUT2D eigenvalue weighted by Crippen LogP contribution is 2.32. The zero-order valence-electron chi connectivity index (χ0n) is 21.5. The van der Waals surface area contributed by atoms with E-state index in [9.17, 15) is 22.8 Å². The Bertz CT molecular complexity index is 1450. The molecule has 3 aromatic rings. The average Bonchev–Trinajstić information content (AvgIpc) is 3.23. The highest BCUT2D eigenvalue weighted by atomic mass is 32.2. The minimum Gasteiger partial charge on any atom is -0.459 e. The molecule has 0 saturated carbocycles. The second-order valence-corrected chi connectivity index (χ2v) is 11.4.